The van der Waals surface area contributed by atoms with Gasteiger partial charge in [0.25, 0.3) is 0 Å². The maximum Gasteiger partial charge on any atom is 0.123 e. The van der Waals surface area contributed by atoms with Crippen molar-refractivity contribution in [3.8, 4) is 5.75 Å². The summed E-state index contributed by atoms with van der Waals surface area (Å²) in [4.78, 5) is 2.50. The Hall–Kier alpha value is -1.06. The van der Waals surface area contributed by atoms with Gasteiger partial charge in [0, 0.05) is 24.7 Å². The maximum absolute atomic E-state index is 5.78. The zero-order valence-electron chi connectivity index (χ0n) is 10.9. The van der Waals surface area contributed by atoms with Crippen molar-refractivity contribution >= 4 is 0 Å². The summed E-state index contributed by atoms with van der Waals surface area (Å²) in [6.45, 7) is 5.20. The van der Waals surface area contributed by atoms with Crippen LogP contribution in [0.1, 0.15) is 24.8 Å². The van der Waals surface area contributed by atoms with Crippen LogP contribution in [0.4, 0.5) is 0 Å². The average molecular weight is 246 g/mol. The molecule has 3 rings (SSSR count). The van der Waals surface area contributed by atoms with Gasteiger partial charge in [0.2, 0.25) is 0 Å². The molecule has 0 bridgehead atoms. The molecule has 1 aliphatic carbocycles. The second-order valence-corrected chi connectivity index (χ2v) is 5.31. The number of ether oxygens (including phenoxy) is 1. The van der Waals surface area contributed by atoms with Crippen LogP contribution in [0.5, 0.6) is 5.75 Å². The predicted octanol–water partition coefficient (Wildman–Crippen LogP) is 2.02. The lowest BCUT2D eigenvalue weighted by Crippen LogP contribution is -2.29. The molecule has 0 amide bonds. The van der Waals surface area contributed by atoms with E-state index in [1.807, 2.05) is 6.07 Å². The zero-order valence-corrected chi connectivity index (χ0v) is 10.9. The van der Waals surface area contributed by atoms with Gasteiger partial charge in [-0.25, -0.2) is 0 Å². The summed E-state index contributed by atoms with van der Waals surface area (Å²) in [5.41, 5.74) is 1.32. The summed E-state index contributed by atoms with van der Waals surface area (Å²) in [6, 6.07) is 9.23. The molecule has 98 valence electrons. The van der Waals surface area contributed by atoms with Crippen LogP contribution < -0.4 is 10.1 Å². The Kier molecular flexibility index (Phi) is 3.81. The van der Waals surface area contributed by atoms with E-state index in [1.54, 1.807) is 0 Å². The SMILES string of the molecule is c1ccc2c(c1)CN(CCCNC1CC1)CCO2. The fourth-order valence-electron chi connectivity index (χ4n) is 2.47. The predicted molar refractivity (Wildman–Crippen MR) is 72.9 cm³/mol. The molecule has 1 fully saturated rings. The summed E-state index contributed by atoms with van der Waals surface area (Å²) in [7, 11) is 0. The Morgan fingerprint density at radius 2 is 2.17 bits per heavy atom. The van der Waals surface area contributed by atoms with Crippen LogP contribution in [0.3, 0.4) is 0 Å². The Labute approximate surface area is 109 Å². The van der Waals surface area contributed by atoms with Gasteiger partial charge in [0.15, 0.2) is 0 Å². The summed E-state index contributed by atoms with van der Waals surface area (Å²) >= 11 is 0. The van der Waals surface area contributed by atoms with E-state index in [0.29, 0.717) is 0 Å². The van der Waals surface area contributed by atoms with E-state index in [1.165, 1.54) is 24.8 Å². The first-order chi connectivity index (χ1) is 8.92. The van der Waals surface area contributed by atoms with E-state index in [0.717, 1.165) is 44.6 Å². The summed E-state index contributed by atoms with van der Waals surface area (Å²) in [6.07, 6.45) is 3.99. The normalized spacial score (nSPS) is 20.0. The Bertz CT molecular complexity index is 390. The average Bonchev–Trinajstić information content (AvgIpc) is 3.21. The van der Waals surface area contributed by atoms with Crippen LogP contribution in [0, 0.1) is 0 Å². The maximum atomic E-state index is 5.78. The highest BCUT2D eigenvalue weighted by molar-refractivity contribution is 5.33. The minimum absolute atomic E-state index is 0.813. The van der Waals surface area contributed by atoms with Crippen molar-refractivity contribution in [3.05, 3.63) is 29.8 Å². The Morgan fingerprint density at radius 3 is 3.06 bits per heavy atom. The Morgan fingerprint density at radius 1 is 1.28 bits per heavy atom. The van der Waals surface area contributed by atoms with Crippen molar-refractivity contribution in [2.75, 3.05) is 26.2 Å². The van der Waals surface area contributed by atoms with Crippen LogP contribution in [-0.2, 0) is 6.54 Å². The number of fused-ring (bicyclic) bond motifs is 1. The lowest BCUT2D eigenvalue weighted by molar-refractivity contribution is 0.223. The number of hydrogen-bond acceptors (Lipinski definition) is 3. The minimum Gasteiger partial charge on any atom is -0.492 e. The van der Waals surface area contributed by atoms with Gasteiger partial charge in [-0.1, -0.05) is 18.2 Å². The smallest absolute Gasteiger partial charge is 0.123 e. The van der Waals surface area contributed by atoms with E-state index in [2.05, 4.69) is 28.4 Å². The second kappa shape index (κ2) is 5.72. The zero-order chi connectivity index (χ0) is 12.2. The molecule has 2 aliphatic rings. The number of hydrogen-bond donors (Lipinski definition) is 1. The molecule has 1 aliphatic heterocycles. The van der Waals surface area contributed by atoms with Crippen molar-refractivity contribution in [2.45, 2.75) is 31.8 Å². The quantitative estimate of drug-likeness (QED) is 0.805. The lowest BCUT2D eigenvalue weighted by Gasteiger charge is -2.19. The molecule has 1 saturated carbocycles. The van der Waals surface area contributed by atoms with Crippen LogP contribution >= 0.6 is 0 Å². The van der Waals surface area contributed by atoms with Gasteiger partial charge in [-0.05, 0) is 38.4 Å². The van der Waals surface area contributed by atoms with Gasteiger partial charge in [0.05, 0.1) is 0 Å². The molecular weight excluding hydrogens is 224 g/mol. The number of nitrogens with zero attached hydrogens (tertiary/aromatic N) is 1. The molecule has 0 saturated heterocycles. The summed E-state index contributed by atoms with van der Waals surface area (Å²) in [5.74, 6) is 1.07. The van der Waals surface area contributed by atoms with Gasteiger partial charge in [0.1, 0.15) is 12.4 Å². The van der Waals surface area contributed by atoms with E-state index in [-0.39, 0.29) is 0 Å². The fourth-order valence-corrected chi connectivity index (χ4v) is 2.47. The first-order valence-electron chi connectivity index (χ1n) is 7.08. The van der Waals surface area contributed by atoms with E-state index < -0.39 is 0 Å². The third-order valence-corrected chi connectivity index (χ3v) is 3.69. The monoisotopic (exact) mass is 246 g/mol. The molecule has 0 radical (unpaired) electrons. The van der Waals surface area contributed by atoms with E-state index in [9.17, 15) is 0 Å². The molecule has 3 heteroatoms. The van der Waals surface area contributed by atoms with Crippen molar-refractivity contribution in [1.82, 2.24) is 10.2 Å². The highest BCUT2D eigenvalue weighted by Gasteiger charge is 2.20. The molecule has 1 aromatic rings. The minimum atomic E-state index is 0.813. The molecule has 0 spiro atoms. The third-order valence-electron chi connectivity index (χ3n) is 3.69. The number of benzene rings is 1. The molecule has 3 nitrogen and oxygen atoms in total. The van der Waals surface area contributed by atoms with Crippen LogP contribution in [0.15, 0.2) is 24.3 Å². The largest absolute Gasteiger partial charge is 0.492 e. The molecule has 0 atom stereocenters. The number of para-hydroxylation sites is 1. The van der Waals surface area contributed by atoms with Crippen LogP contribution in [-0.4, -0.2) is 37.2 Å². The lowest BCUT2D eigenvalue weighted by atomic mass is 10.2. The molecular formula is C15H22N2O. The van der Waals surface area contributed by atoms with Crippen LogP contribution in [0.25, 0.3) is 0 Å². The highest BCUT2D eigenvalue weighted by Crippen LogP contribution is 2.22. The number of nitrogens with one attached hydrogen (secondary N) is 1. The molecule has 1 aromatic carbocycles. The second-order valence-electron chi connectivity index (χ2n) is 5.31. The standard InChI is InChI=1S/C15H22N2O/c1-2-5-15-13(4-1)12-17(10-11-18-15)9-3-8-16-14-6-7-14/h1-2,4-5,14,16H,3,6-12H2. The van der Waals surface area contributed by atoms with Gasteiger partial charge < -0.3 is 10.1 Å². The van der Waals surface area contributed by atoms with Gasteiger partial charge >= 0.3 is 0 Å². The van der Waals surface area contributed by atoms with E-state index in [4.69, 9.17) is 4.74 Å². The van der Waals surface area contributed by atoms with Crippen molar-refractivity contribution in [1.29, 1.82) is 0 Å². The number of rotatable bonds is 5. The fraction of sp³-hybridized carbons (Fsp3) is 0.600. The highest BCUT2D eigenvalue weighted by atomic mass is 16.5. The molecule has 1 heterocycles. The van der Waals surface area contributed by atoms with Gasteiger partial charge in [-0.3, -0.25) is 4.90 Å². The van der Waals surface area contributed by atoms with Crippen molar-refractivity contribution < 1.29 is 4.74 Å². The van der Waals surface area contributed by atoms with E-state index >= 15 is 0 Å². The van der Waals surface area contributed by atoms with Crippen LogP contribution in [0.2, 0.25) is 0 Å². The molecule has 18 heavy (non-hydrogen) atoms. The topological polar surface area (TPSA) is 24.5 Å². The van der Waals surface area contributed by atoms with Crippen molar-refractivity contribution in [2.24, 2.45) is 0 Å². The summed E-state index contributed by atoms with van der Waals surface area (Å²) in [5, 5.41) is 3.57. The molecule has 0 unspecified atom stereocenters. The molecule has 0 aromatic heterocycles. The Balaban J connectivity index is 1.47. The first kappa shape index (κ1) is 12.0. The van der Waals surface area contributed by atoms with Gasteiger partial charge in [-0.15, -0.1) is 0 Å². The third kappa shape index (κ3) is 3.24. The van der Waals surface area contributed by atoms with Gasteiger partial charge in [-0.2, -0.15) is 0 Å². The molecule has 1 N–H and O–H groups in total. The first-order valence-corrected chi connectivity index (χ1v) is 7.08. The summed E-state index contributed by atoms with van der Waals surface area (Å²) < 4.78 is 5.78. The van der Waals surface area contributed by atoms with Crippen molar-refractivity contribution in [3.63, 3.8) is 0 Å².